The van der Waals surface area contributed by atoms with Crippen molar-refractivity contribution in [2.75, 3.05) is 46.2 Å². The molecule has 0 saturated carbocycles. The highest BCUT2D eigenvalue weighted by atomic mass is 16.5. The number of aliphatic hydroxyl groups excluding tert-OH is 1. The van der Waals surface area contributed by atoms with Crippen LogP contribution < -0.4 is 0 Å². The zero-order valence-corrected chi connectivity index (χ0v) is 12.2. The van der Waals surface area contributed by atoms with Crippen molar-refractivity contribution in [2.45, 2.75) is 40.0 Å². The summed E-state index contributed by atoms with van der Waals surface area (Å²) >= 11 is 0. The normalized spacial score (nSPS) is 12.0. The van der Waals surface area contributed by atoms with Crippen LogP contribution in [0.3, 0.4) is 0 Å². The Hall–Kier alpha value is -0.160. The van der Waals surface area contributed by atoms with Gasteiger partial charge in [0.1, 0.15) is 0 Å². The minimum Gasteiger partial charge on any atom is -0.394 e. The molecule has 0 aliphatic carbocycles. The lowest BCUT2D eigenvalue weighted by atomic mass is 9.88. The summed E-state index contributed by atoms with van der Waals surface area (Å²) in [6, 6.07) is 0. The van der Waals surface area contributed by atoms with E-state index in [9.17, 15) is 0 Å². The molecule has 0 aliphatic heterocycles. The van der Waals surface area contributed by atoms with Gasteiger partial charge >= 0.3 is 0 Å². The Labute approximate surface area is 112 Å². The smallest absolute Gasteiger partial charge is 0.0698 e. The van der Waals surface area contributed by atoms with Gasteiger partial charge in [0.25, 0.3) is 0 Å². The van der Waals surface area contributed by atoms with Crippen molar-refractivity contribution in [1.82, 2.24) is 0 Å². The van der Waals surface area contributed by atoms with Gasteiger partial charge in [-0.3, -0.25) is 0 Å². The Balaban J connectivity index is 4.20. The maximum absolute atomic E-state index is 8.78. The van der Waals surface area contributed by atoms with Crippen molar-refractivity contribution >= 4 is 0 Å². The molecule has 0 spiro atoms. The molecule has 4 nitrogen and oxygen atoms in total. The molecule has 0 rings (SSSR count). The second-order valence-electron chi connectivity index (χ2n) is 4.73. The Morgan fingerprint density at radius 1 is 0.778 bits per heavy atom. The third-order valence-corrected chi connectivity index (χ3v) is 2.91. The van der Waals surface area contributed by atoms with Crippen LogP contribution >= 0.6 is 0 Å². The fourth-order valence-corrected chi connectivity index (χ4v) is 1.65. The van der Waals surface area contributed by atoms with Gasteiger partial charge in [-0.1, -0.05) is 20.8 Å². The molecule has 110 valence electrons. The summed E-state index contributed by atoms with van der Waals surface area (Å²) < 4.78 is 16.8. The third kappa shape index (κ3) is 8.03. The molecular weight excluding hydrogens is 232 g/mol. The zero-order chi connectivity index (χ0) is 13.7. The predicted octanol–water partition coefficient (Wildman–Crippen LogP) is 2.24. The van der Waals surface area contributed by atoms with E-state index in [1.54, 1.807) is 0 Å². The maximum Gasteiger partial charge on any atom is 0.0698 e. The molecule has 0 radical (unpaired) electrons. The van der Waals surface area contributed by atoms with Crippen LogP contribution in [-0.4, -0.2) is 51.4 Å². The van der Waals surface area contributed by atoms with E-state index in [2.05, 4.69) is 20.8 Å². The largest absolute Gasteiger partial charge is 0.394 e. The summed E-state index contributed by atoms with van der Waals surface area (Å²) in [4.78, 5) is 0. The van der Waals surface area contributed by atoms with Crippen LogP contribution in [0.15, 0.2) is 0 Å². The van der Waals surface area contributed by atoms with Crippen LogP contribution in [0.25, 0.3) is 0 Å². The van der Waals surface area contributed by atoms with Crippen LogP contribution in [0.5, 0.6) is 0 Å². The van der Waals surface area contributed by atoms with Crippen LogP contribution in [0.2, 0.25) is 0 Å². The van der Waals surface area contributed by atoms with Crippen molar-refractivity contribution in [3.8, 4) is 0 Å². The average Bonchev–Trinajstić information content (AvgIpc) is 2.39. The molecule has 0 aromatic carbocycles. The van der Waals surface area contributed by atoms with E-state index >= 15 is 0 Å². The van der Waals surface area contributed by atoms with E-state index in [-0.39, 0.29) is 12.0 Å². The first-order chi connectivity index (χ1) is 8.74. The first kappa shape index (κ1) is 17.8. The molecule has 0 heterocycles. The minimum absolute atomic E-state index is 0.0609. The van der Waals surface area contributed by atoms with Crippen LogP contribution in [0.1, 0.15) is 40.0 Å². The fraction of sp³-hybridized carbons (Fsp3) is 1.00. The zero-order valence-electron chi connectivity index (χ0n) is 12.2. The van der Waals surface area contributed by atoms with Gasteiger partial charge in [-0.2, -0.15) is 0 Å². The topological polar surface area (TPSA) is 47.9 Å². The average molecular weight is 262 g/mol. The highest BCUT2D eigenvalue weighted by Gasteiger charge is 2.29. The van der Waals surface area contributed by atoms with Crippen molar-refractivity contribution in [1.29, 1.82) is 0 Å². The third-order valence-electron chi connectivity index (χ3n) is 2.91. The van der Waals surface area contributed by atoms with Gasteiger partial charge in [0, 0.05) is 18.6 Å². The van der Waals surface area contributed by atoms with Gasteiger partial charge in [-0.25, -0.2) is 0 Å². The summed E-state index contributed by atoms with van der Waals surface area (Å²) in [6.45, 7) is 10.2. The van der Waals surface area contributed by atoms with Gasteiger partial charge < -0.3 is 19.3 Å². The first-order valence-corrected chi connectivity index (χ1v) is 7.08. The second kappa shape index (κ2) is 11.9. The van der Waals surface area contributed by atoms with E-state index in [1.807, 2.05) is 0 Å². The number of hydrogen-bond acceptors (Lipinski definition) is 4. The molecule has 0 saturated heterocycles. The van der Waals surface area contributed by atoms with Crippen LogP contribution in [0, 0.1) is 5.41 Å². The molecule has 0 amide bonds. The molecule has 0 fully saturated rings. The summed E-state index contributed by atoms with van der Waals surface area (Å²) in [5.41, 5.74) is -0.0838. The molecule has 0 unspecified atom stereocenters. The first-order valence-electron chi connectivity index (χ1n) is 7.08. The van der Waals surface area contributed by atoms with E-state index < -0.39 is 0 Å². The number of aliphatic hydroxyl groups is 1. The number of rotatable bonds is 13. The second-order valence-corrected chi connectivity index (χ2v) is 4.73. The van der Waals surface area contributed by atoms with Gasteiger partial charge in [-0.15, -0.1) is 0 Å². The SMILES string of the molecule is CCCOCC(CC)(COCCC)COCCO. The van der Waals surface area contributed by atoms with Gasteiger partial charge in [0.2, 0.25) is 0 Å². The Bertz CT molecular complexity index is 147. The molecule has 0 atom stereocenters. The van der Waals surface area contributed by atoms with Crippen molar-refractivity contribution in [2.24, 2.45) is 5.41 Å². The van der Waals surface area contributed by atoms with Crippen molar-refractivity contribution < 1.29 is 19.3 Å². The minimum atomic E-state index is -0.0838. The maximum atomic E-state index is 8.78. The van der Waals surface area contributed by atoms with E-state index in [0.717, 1.165) is 32.5 Å². The summed E-state index contributed by atoms with van der Waals surface area (Å²) in [5.74, 6) is 0. The molecule has 18 heavy (non-hydrogen) atoms. The molecule has 0 aromatic rings. The highest BCUT2D eigenvalue weighted by molar-refractivity contribution is 4.77. The van der Waals surface area contributed by atoms with E-state index in [0.29, 0.717) is 26.4 Å². The highest BCUT2D eigenvalue weighted by Crippen LogP contribution is 2.24. The van der Waals surface area contributed by atoms with Gasteiger partial charge in [0.15, 0.2) is 0 Å². The van der Waals surface area contributed by atoms with E-state index in [1.165, 1.54) is 0 Å². The summed E-state index contributed by atoms with van der Waals surface area (Å²) in [7, 11) is 0. The van der Waals surface area contributed by atoms with Crippen LogP contribution in [0.4, 0.5) is 0 Å². The van der Waals surface area contributed by atoms with E-state index in [4.69, 9.17) is 19.3 Å². The number of hydrogen-bond donors (Lipinski definition) is 1. The standard InChI is InChI=1S/C14H30O4/c1-4-8-16-11-14(6-3,12-17-9-5-2)13-18-10-7-15/h15H,4-13H2,1-3H3. The number of ether oxygens (including phenoxy) is 3. The Morgan fingerprint density at radius 2 is 1.22 bits per heavy atom. The van der Waals surface area contributed by atoms with Crippen molar-refractivity contribution in [3.63, 3.8) is 0 Å². The van der Waals surface area contributed by atoms with Crippen LogP contribution in [-0.2, 0) is 14.2 Å². The summed E-state index contributed by atoms with van der Waals surface area (Å²) in [6.07, 6.45) is 2.99. The predicted molar refractivity (Wildman–Crippen MR) is 72.8 cm³/mol. The quantitative estimate of drug-likeness (QED) is 0.517. The summed E-state index contributed by atoms with van der Waals surface area (Å²) in [5, 5.41) is 8.78. The Morgan fingerprint density at radius 3 is 1.56 bits per heavy atom. The fourth-order valence-electron chi connectivity index (χ4n) is 1.65. The van der Waals surface area contributed by atoms with Gasteiger partial charge in [-0.05, 0) is 19.3 Å². The molecule has 0 aliphatic rings. The lowest BCUT2D eigenvalue weighted by Crippen LogP contribution is -2.37. The molecule has 0 aromatic heterocycles. The monoisotopic (exact) mass is 262 g/mol. The molecular formula is C14H30O4. The Kier molecular flexibility index (Phi) is 11.8. The molecule has 4 heteroatoms. The van der Waals surface area contributed by atoms with Gasteiger partial charge in [0.05, 0.1) is 33.0 Å². The lowest BCUT2D eigenvalue weighted by molar-refractivity contribution is -0.0749. The molecule has 1 N–H and O–H groups in total. The molecule has 0 bridgehead atoms. The lowest BCUT2D eigenvalue weighted by Gasteiger charge is -2.32. The van der Waals surface area contributed by atoms with Crippen molar-refractivity contribution in [3.05, 3.63) is 0 Å².